The first-order valence-corrected chi connectivity index (χ1v) is 9.06. The Hall–Kier alpha value is -2.58. The highest BCUT2D eigenvalue weighted by Gasteiger charge is 2.29. The Morgan fingerprint density at radius 2 is 2.11 bits per heavy atom. The predicted molar refractivity (Wildman–Crippen MR) is 95.9 cm³/mol. The number of aliphatic hydroxyl groups excluding tert-OH is 1. The fourth-order valence-corrected chi connectivity index (χ4v) is 3.55. The third-order valence-corrected chi connectivity index (χ3v) is 5.10. The van der Waals surface area contributed by atoms with Crippen molar-refractivity contribution in [3.05, 3.63) is 54.2 Å². The molecular weight excluding hydrogens is 349 g/mol. The van der Waals surface area contributed by atoms with Crippen LogP contribution in [0.3, 0.4) is 0 Å². The molecule has 0 amide bonds. The molecule has 1 aromatic carbocycles. The molecule has 1 fully saturated rings. The quantitative estimate of drug-likeness (QED) is 0.742. The van der Waals surface area contributed by atoms with Gasteiger partial charge >= 0.3 is 0 Å². The van der Waals surface area contributed by atoms with Crippen molar-refractivity contribution in [3.63, 3.8) is 0 Å². The molecule has 1 unspecified atom stereocenters. The molecule has 8 heteroatoms. The maximum absolute atomic E-state index is 13.3. The average Bonchev–Trinajstić information content (AvgIpc) is 3.31. The first-order valence-electron chi connectivity index (χ1n) is 9.06. The van der Waals surface area contributed by atoms with Crippen LogP contribution in [0.15, 0.2) is 41.1 Å². The summed E-state index contributed by atoms with van der Waals surface area (Å²) in [4.78, 5) is 6.48. The Morgan fingerprint density at radius 1 is 1.30 bits per heavy atom. The van der Waals surface area contributed by atoms with Gasteiger partial charge in [-0.3, -0.25) is 4.90 Å². The van der Waals surface area contributed by atoms with Crippen molar-refractivity contribution in [1.29, 1.82) is 0 Å². The lowest BCUT2D eigenvalue weighted by Gasteiger charge is -2.33. The highest BCUT2D eigenvalue weighted by atomic mass is 19.1. The van der Waals surface area contributed by atoms with Crippen molar-refractivity contribution < 1.29 is 13.9 Å². The fourth-order valence-electron chi connectivity index (χ4n) is 3.55. The van der Waals surface area contributed by atoms with Crippen LogP contribution in [0.25, 0.3) is 11.5 Å². The predicted octanol–water partition coefficient (Wildman–Crippen LogP) is 2.55. The van der Waals surface area contributed by atoms with Crippen molar-refractivity contribution in [3.8, 4) is 11.5 Å². The number of halogens is 1. The van der Waals surface area contributed by atoms with Crippen molar-refractivity contribution in [2.75, 3.05) is 13.1 Å². The van der Waals surface area contributed by atoms with Gasteiger partial charge in [-0.2, -0.15) is 0 Å². The van der Waals surface area contributed by atoms with Crippen LogP contribution in [0, 0.1) is 11.7 Å². The van der Waals surface area contributed by atoms with E-state index in [1.165, 1.54) is 12.1 Å². The van der Waals surface area contributed by atoms with Gasteiger partial charge in [-0.15, -0.1) is 10.2 Å². The van der Waals surface area contributed by atoms with Crippen LogP contribution in [-0.2, 0) is 13.6 Å². The van der Waals surface area contributed by atoms with Gasteiger partial charge in [-0.1, -0.05) is 6.07 Å². The van der Waals surface area contributed by atoms with E-state index in [9.17, 15) is 9.50 Å². The van der Waals surface area contributed by atoms with Crippen LogP contribution in [0.1, 0.15) is 30.7 Å². The third-order valence-electron chi connectivity index (χ3n) is 5.10. The van der Waals surface area contributed by atoms with Gasteiger partial charge in [0.25, 0.3) is 0 Å². The second kappa shape index (κ2) is 7.58. The van der Waals surface area contributed by atoms with Crippen molar-refractivity contribution in [2.45, 2.75) is 25.5 Å². The van der Waals surface area contributed by atoms with Crippen LogP contribution < -0.4 is 0 Å². The molecule has 1 atom stereocenters. The van der Waals surface area contributed by atoms with E-state index in [0.29, 0.717) is 29.7 Å². The molecule has 27 heavy (non-hydrogen) atoms. The standard InChI is InChI=1S/C19H22FN5O2/c1-24-10-7-21-18(24)17(26)13-5-8-25(9-6-13)12-16-22-23-19(27-16)14-3-2-4-15(20)11-14/h2-4,7,10-11,13,17,26H,5-6,8-9,12H2,1H3. The second-order valence-electron chi connectivity index (χ2n) is 6.97. The number of piperidine rings is 1. The Balaban J connectivity index is 1.34. The molecule has 1 aliphatic heterocycles. The molecule has 4 rings (SSSR count). The molecule has 0 spiro atoms. The Bertz CT molecular complexity index is 901. The van der Waals surface area contributed by atoms with Crippen LogP contribution in [0.4, 0.5) is 4.39 Å². The highest BCUT2D eigenvalue weighted by molar-refractivity contribution is 5.52. The maximum Gasteiger partial charge on any atom is 0.247 e. The lowest BCUT2D eigenvalue weighted by Crippen LogP contribution is -2.35. The Kier molecular flexibility index (Phi) is 5.00. The monoisotopic (exact) mass is 371 g/mol. The second-order valence-corrected chi connectivity index (χ2v) is 6.97. The van der Waals surface area contributed by atoms with Gasteiger partial charge < -0.3 is 14.1 Å². The van der Waals surface area contributed by atoms with Crippen LogP contribution >= 0.6 is 0 Å². The highest BCUT2D eigenvalue weighted by Crippen LogP contribution is 2.30. The molecule has 1 saturated heterocycles. The summed E-state index contributed by atoms with van der Waals surface area (Å²) in [6, 6.07) is 6.11. The smallest absolute Gasteiger partial charge is 0.247 e. The average molecular weight is 371 g/mol. The molecule has 1 aliphatic rings. The molecule has 3 aromatic rings. The number of hydrogen-bond donors (Lipinski definition) is 1. The zero-order valence-electron chi connectivity index (χ0n) is 15.1. The van der Waals surface area contributed by atoms with E-state index in [2.05, 4.69) is 20.1 Å². The van der Waals surface area contributed by atoms with Gasteiger partial charge in [0.05, 0.1) is 6.54 Å². The van der Waals surface area contributed by atoms with Gasteiger partial charge in [0.1, 0.15) is 17.7 Å². The summed E-state index contributed by atoms with van der Waals surface area (Å²) >= 11 is 0. The van der Waals surface area contributed by atoms with E-state index in [4.69, 9.17) is 4.42 Å². The van der Waals surface area contributed by atoms with E-state index >= 15 is 0 Å². The molecule has 0 aliphatic carbocycles. The number of aromatic nitrogens is 4. The molecule has 7 nitrogen and oxygen atoms in total. The molecule has 0 bridgehead atoms. The molecule has 0 saturated carbocycles. The van der Waals surface area contributed by atoms with Gasteiger partial charge in [0, 0.05) is 25.0 Å². The summed E-state index contributed by atoms with van der Waals surface area (Å²) in [6.07, 6.45) is 4.76. The van der Waals surface area contributed by atoms with Crippen LogP contribution in [0.2, 0.25) is 0 Å². The molecule has 0 radical (unpaired) electrons. The minimum atomic E-state index is -0.546. The number of aryl methyl sites for hydroxylation is 1. The van der Waals surface area contributed by atoms with Crippen molar-refractivity contribution in [2.24, 2.45) is 13.0 Å². The fraction of sp³-hybridized carbons (Fsp3) is 0.421. The summed E-state index contributed by atoms with van der Waals surface area (Å²) in [7, 11) is 1.90. The van der Waals surface area contributed by atoms with E-state index < -0.39 is 6.10 Å². The number of nitrogens with zero attached hydrogens (tertiary/aromatic N) is 5. The summed E-state index contributed by atoms with van der Waals surface area (Å²) in [5.41, 5.74) is 0.575. The minimum Gasteiger partial charge on any atom is -0.419 e. The zero-order chi connectivity index (χ0) is 18.8. The first-order chi connectivity index (χ1) is 13.1. The number of likely N-dealkylation sites (tertiary alicyclic amines) is 1. The zero-order valence-corrected chi connectivity index (χ0v) is 15.1. The third kappa shape index (κ3) is 3.91. The largest absolute Gasteiger partial charge is 0.419 e. The summed E-state index contributed by atoms with van der Waals surface area (Å²) in [6.45, 7) is 2.22. The minimum absolute atomic E-state index is 0.188. The van der Waals surface area contributed by atoms with Gasteiger partial charge in [-0.05, 0) is 50.0 Å². The number of aliphatic hydroxyl groups is 1. The van der Waals surface area contributed by atoms with Crippen LogP contribution in [0.5, 0.6) is 0 Å². The number of rotatable bonds is 5. The molecular formula is C19H22FN5O2. The SMILES string of the molecule is Cn1ccnc1C(O)C1CCN(Cc2nnc(-c3cccc(F)c3)o2)CC1. The maximum atomic E-state index is 13.3. The molecule has 142 valence electrons. The summed E-state index contributed by atoms with van der Waals surface area (Å²) < 4.78 is 20.9. The molecule has 2 aromatic heterocycles. The van der Waals surface area contributed by atoms with E-state index in [0.717, 1.165) is 25.9 Å². The summed E-state index contributed by atoms with van der Waals surface area (Å²) in [5.74, 6) is 1.40. The number of imidazole rings is 1. The Labute approximate surface area is 156 Å². The molecule has 1 N–H and O–H groups in total. The topological polar surface area (TPSA) is 80.2 Å². The van der Waals surface area contributed by atoms with Gasteiger partial charge in [0.2, 0.25) is 11.8 Å². The van der Waals surface area contributed by atoms with Crippen molar-refractivity contribution in [1.82, 2.24) is 24.6 Å². The lowest BCUT2D eigenvalue weighted by atomic mass is 9.91. The van der Waals surface area contributed by atoms with E-state index in [1.807, 2.05) is 17.8 Å². The Morgan fingerprint density at radius 3 is 2.81 bits per heavy atom. The number of hydrogen-bond acceptors (Lipinski definition) is 6. The van der Waals surface area contributed by atoms with E-state index in [1.54, 1.807) is 18.3 Å². The molecule has 3 heterocycles. The first kappa shape index (κ1) is 17.8. The van der Waals surface area contributed by atoms with Crippen molar-refractivity contribution >= 4 is 0 Å². The number of benzene rings is 1. The van der Waals surface area contributed by atoms with Gasteiger partial charge in [-0.25, -0.2) is 9.37 Å². The summed E-state index contributed by atoms with van der Waals surface area (Å²) in [5, 5.41) is 18.7. The van der Waals surface area contributed by atoms with Crippen LogP contribution in [-0.4, -0.2) is 42.8 Å². The van der Waals surface area contributed by atoms with Gasteiger partial charge in [0.15, 0.2) is 0 Å². The normalized spacial score (nSPS) is 17.3. The lowest BCUT2D eigenvalue weighted by molar-refractivity contribution is 0.0471. The van der Waals surface area contributed by atoms with E-state index in [-0.39, 0.29) is 11.7 Å².